The molecule has 4 nitrogen and oxygen atoms in total. The molecule has 6 heteroatoms. The fraction of sp³-hybridized carbons (Fsp3) is 0.385. The molecule has 19 heavy (non-hydrogen) atoms. The topological polar surface area (TPSA) is 57.6 Å². The fourth-order valence-electron chi connectivity index (χ4n) is 2.07. The van der Waals surface area contributed by atoms with Crippen LogP contribution in [0.25, 0.3) is 0 Å². The van der Waals surface area contributed by atoms with Gasteiger partial charge in [0.25, 0.3) is 0 Å². The Morgan fingerprint density at radius 1 is 1.58 bits per heavy atom. The SMILES string of the molecule is CC(=O)SCC1CC(=O)N(c2cc(O)ccc2Br)C1. The maximum atomic E-state index is 12.0. The molecule has 102 valence electrons. The number of nitrogens with zero attached hydrogens (tertiary/aromatic N) is 1. The molecule has 0 aliphatic carbocycles. The molecule has 1 aromatic carbocycles. The van der Waals surface area contributed by atoms with E-state index in [-0.39, 0.29) is 22.7 Å². The minimum absolute atomic E-state index is 0.0282. The summed E-state index contributed by atoms with van der Waals surface area (Å²) in [5.41, 5.74) is 0.681. The van der Waals surface area contributed by atoms with Gasteiger partial charge in [-0.2, -0.15) is 0 Å². The number of carbonyl (C=O) groups is 2. The van der Waals surface area contributed by atoms with E-state index in [2.05, 4.69) is 15.9 Å². The second-order valence-electron chi connectivity index (χ2n) is 4.51. The molecule has 1 unspecified atom stereocenters. The minimum atomic E-state index is 0.0282. The molecule has 1 atom stereocenters. The first-order valence-corrected chi connectivity index (χ1v) is 7.67. The van der Waals surface area contributed by atoms with Gasteiger partial charge in [0.1, 0.15) is 5.75 Å². The van der Waals surface area contributed by atoms with Crippen LogP contribution in [0.2, 0.25) is 0 Å². The Hall–Kier alpha value is -1.01. The lowest BCUT2D eigenvalue weighted by Crippen LogP contribution is -2.25. The molecule has 1 aromatic rings. The zero-order valence-corrected chi connectivity index (χ0v) is 12.8. The van der Waals surface area contributed by atoms with Crippen molar-refractivity contribution in [1.29, 1.82) is 0 Å². The van der Waals surface area contributed by atoms with E-state index in [4.69, 9.17) is 0 Å². The number of phenols is 1. The maximum Gasteiger partial charge on any atom is 0.227 e. The lowest BCUT2D eigenvalue weighted by atomic mass is 10.1. The van der Waals surface area contributed by atoms with Crippen molar-refractivity contribution in [3.05, 3.63) is 22.7 Å². The number of aromatic hydroxyl groups is 1. The van der Waals surface area contributed by atoms with Crippen LogP contribution in [-0.2, 0) is 9.59 Å². The highest BCUT2D eigenvalue weighted by atomic mass is 79.9. The molecule has 0 spiro atoms. The van der Waals surface area contributed by atoms with E-state index >= 15 is 0 Å². The monoisotopic (exact) mass is 343 g/mol. The smallest absolute Gasteiger partial charge is 0.227 e. The molecule has 1 aliphatic heterocycles. The summed E-state index contributed by atoms with van der Waals surface area (Å²) in [5, 5.41) is 9.59. The Labute approximate surface area is 124 Å². The number of rotatable bonds is 3. The van der Waals surface area contributed by atoms with Gasteiger partial charge in [0.2, 0.25) is 5.91 Å². The van der Waals surface area contributed by atoms with Crippen molar-refractivity contribution in [2.45, 2.75) is 13.3 Å². The maximum absolute atomic E-state index is 12.0. The summed E-state index contributed by atoms with van der Waals surface area (Å²) >= 11 is 4.64. The van der Waals surface area contributed by atoms with Gasteiger partial charge in [-0.1, -0.05) is 11.8 Å². The van der Waals surface area contributed by atoms with Gasteiger partial charge in [0.05, 0.1) is 5.69 Å². The molecule has 1 heterocycles. The van der Waals surface area contributed by atoms with Crippen LogP contribution in [0.5, 0.6) is 5.75 Å². The van der Waals surface area contributed by atoms with E-state index in [1.54, 1.807) is 23.1 Å². The van der Waals surface area contributed by atoms with E-state index in [1.807, 2.05) is 0 Å². The number of benzene rings is 1. The first-order valence-electron chi connectivity index (χ1n) is 5.89. The van der Waals surface area contributed by atoms with Crippen LogP contribution in [0.15, 0.2) is 22.7 Å². The molecule has 1 N–H and O–H groups in total. The van der Waals surface area contributed by atoms with Crippen molar-refractivity contribution < 1.29 is 14.7 Å². The summed E-state index contributed by atoms with van der Waals surface area (Å²) in [6.07, 6.45) is 0.447. The van der Waals surface area contributed by atoms with Gasteiger partial charge in [-0.25, -0.2) is 0 Å². The normalized spacial score (nSPS) is 18.9. The molecule has 0 radical (unpaired) electrons. The molecular weight excluding hydrogens is 330 g/mol. The quantitative estimate of drug-likeness (QED) is 0.916. The summed E-state index contributed by atoms with van der Waals surface area (Å²) in [6, 6.07) is 4.86. The van der Waals surface area contributed by atoms with Gasteiger partial charge in [0, 0.05) is 36.2 Å². The minimum Gasteiger partial charge on any atom is -0.508 e. The highest BCUT2D eigenvalue weighted by Gasteiger charge is 2.31. The van der Waals surface area contributed by atoms with Gasteiger partial charge in [-0.15, -0.1) is 0 Å². The van der Waals surface area contributed by atoms with Gasteiger partial charge in [-0.3, -0.25) is 9.59 Å². The van der Waals surface area contributed by atoms with Crippen LogP contribution in [0.1, 0.15) is 13.3 Å². The predicted octanol–water partition coefficient (Wildman–Crippen LogP) is 2.79. The number of anilines is 1. The lowest BCUT2D eigenvalue weighted by molar-refractivity contribution is -0.117. The highest BCUT2D eigenvalue weighted by molar-refractivity contribution is 9.10. The first kappa shape index (κ1) is 14.4. The van der Waals surface area contributed by atoms with Crippen molar-refractivity contribution >= 4 is 44.4 Å². The highest BCUT2D eigenvalue weighted by Crippen LogP contribution is 2.34. The Morgan fingerprint density at radius 2 is 2.32 bits per heavy atom. The average Bonchev–Trinajstić information content (AvgIpc) is 2.71. The Kier molecular flexibility index (Phi) is 4.52. The summed E-state index contributed by atoms with van der Waals surface area (Å²) < 4.78 is 0.776. The Morgan fingerprint density at radius 3 is 3.00 bits per heavy atom. The third-order valence-electron chi connectivity index (χ3n) is 2.95. The zero-order valence-electron chi connectivity index (χ0n) is 10.4. The van der Waals surface area contributed by atoms with Crippen LogP contribution in [-0.4, -0.2) is 28.4 Å². The van der Waals surface area contributed by atoms with Crippen molar-refractivity contribution in [1.82, 2.24) is 0 Å². The molecule has 0 aromatic heterocycles. The van der Waals surface area contributed by atoms with E-state index in [0.717, 1.165) is 4.47 Å². The number of carbonyl (C=O) groups excluding carboxylic acids is 2. The molecule has 1 amide bonds. The summed E-state index contributed by atoms with van der Waals surface area (Å²) in [6.45, 7) is 2.12. The summed E-state index contributed by atoms with van der Waals surface area (Å²) in [4.78, 5) is 24.6. The van der Waals surface area contributed by atoms with Gasteiger partial charge in [-0.05, 0) is 34.0 Å². The van der Waals surface area contributed by atoms with Crippen LogP contribution < -0.4 is 4.90 Å². The van der Waals surface area contributed by atoms with Gasteiger partial charge < -0.3 is 10.0 Å². The average molecular weight is 344 g/mol. The molecular formula is C13H14BrNO3S. The van der Waals surface area contributed by atoms with E-state index < -0.39 is 0 Å². The third kappa shape index (κ3) is 3.51. The van der Waals surface area contributed by atoms with Gasteiger partial charge >= 0.3 is 0 Å². The summed E-state index contributed by atoms with van der Waals surface area (Å²) in [7, 11) is 0. The number of halogens is 1. The molecule has 1 fully saturated rings. The molecule has 1 saturated heterocycles. The van der Waals surface area contributed by atoms with Crippen molar-refractivity contribution in [3.8, 4) is 5.75 Å². The largest absolute Gasteiger partial charge is 0.508 e. The second kappa shape index (κ2) is 5.96. The van der Waals surface area contributed by atoms with Gasteiger partial charge in [0.15, 0.2) is 5.12 Å². The predicted molar refractivity (Wildman–Crippen MR) is 79.4 cm³/mol. The molecule has 1 aliphatic rings. The van der Waals surface area contributed by atoms with Crippen LogP contribution in [0, 0.1) is 5.92 Å². The van der Waals surface area contributed by atoms with E-state index in [1.165, 1.54) is 18.7 Å². The number of phenolic OH excluding ortho intramolecular Hbond substituents is 1. The third-order valence-corrected chi connectivity index (χ3v) is 4.66. The van der Waals surface area contributed by atoms with Crippen molar-refractivity contribution in [3.63, 3.8) is 0 Å². The first-order chi connectivity index (χ1) is 8.97. The summed E-state index contributed by atoms with van der Waals surface area (Å²) in [5.74, 6) is 0.997. The van der Waals surface area contributed by atoms with Crippen LogP contribution >= 0.6 is 27.7 Å². The van der Waals surface area contributed by atoms with E-state index in [9.17, 15) is 14.7 Å². The lowest BCUT2D eigenvalue weighted by Gasteiger charge is -2.18. The standard InChI is InChI=1S/C13H14BrNO3S/c1-8(16)19-7-9-4-13(18)15(6-9)12-5-10(17)2-3-11(12)14/h2-3,5,9,17H,4,6-7H2,1H3. The molecule has 0 bridgehead atoms. The zero-order chi connectivity index (χ0) is 14.0. The second-order valence-corrected chi connectivity index (χ2v) is 6.56. The number of thioether (sulfide) groups is 1. The van der Waals surface area contributed by atoms with E-state index in [0.29, 0.717) is 24.4 Å². The van der Waals surface area contributed by atoms with Crippen molar-refractivity contribution in [2.24, 2.45) is 5.92 Å². The van der Waals surface area contributed by atoms with Crippen molar-refractivity contribution in [2.75, 3.05) is 17.2 Å². The Bertz CT molecular complexity index is 521. The number of amides is 1. The molecule has 0 saturated carbocycles. The molecule has 2 rings (SSSR count). The number of hydrogen-bond donors (Lipinski definition) is 1. The Balaban J connectivity index is 2.11. The van der Waals surface area contributed by atoms with Crippen LogP contribution in [0.3, 0.4) is 0 Å². The fourth-order valence-corrected chi connectivity index (χ4v) is 3.22. The number of hydrogen-bond acceptors (Lipinski definition) is 4. The van der Waals surface area contributed by atoms with Crippen LogP contribution in [0.4, 0.5) is 5.69 Å².